The minimum absolute atomic E-state index is 0.00174. The fourth-order valence-corrected chi connectivity index (χ4v) is 4.53. The van der Waals surface area contributed by atoms with Crippen molar-refractivity contribution in [1.29, 1.82) is 0 Å². The number of nitrogens with one attached hydrogen (secondary N) is 1. The largest absolute Gasteiger partial charge is 0.304 e. The summed E-state index contributed by atoms with van der Waals surface area (Å²) >= 11 is 0. The zero-order chi connectivity index (χ0) is 21.9. The van der Waals surface area contributed by atoms with Crippen LogP contribution in [0, 0.1) is 5.82 Å². The maximum Gasteiger partial charge on any atom is 0.132 e. The maximum absolute atomic E-state index is 14.7. The highest BCUT2D eigenvalue weighted by atomic mass is 19.1. The average molecular weight is 427 g/mol. The fourth-order valence-electron chi connectivity index (χ4n) is 4.53. The highest BCUT2D eigenvalue weighted by Gasteiger charge is 2.29. The molecule has 0 aliphatic carbocycles. The van der Waals surface area contributed by atoms with Crippen molar-refractivity contribution in [2.75, 3.05) is 33.2 Å². The Kier molecular flexibility index (Phi) is 5.84. The SMILES string of the molecule is CN1CCN(C(c2ccc(-c3ccccc3)cc2)c2c[nH]nc2-c2ccccc2F)CC1. The molecule has 0 amide bonds. The van der Waals surface area contributed by atoms with Crippen LogP contribution in [-0.4, -0.2) is 53.2 Å². The monoisotopic (exact) mass is 426 g/mol. The smallest absolute Gasteiger partial charge is 0.132 e. The second-order valence-corrected chi connectivity index (χ2v) is 8.40. The summed E-state index contributed by atoms with van der Waals surface area (Å²) in [5.74, 6) is -0.252. The molecule has 0 spiro atoms. The first-order valence-corrected chi connectivity index (χ1v) is 11.1. The van der Waals surface area contributed by atoms with Crippen LogP contribution in [0.4, 0.5) is 4.39 Å². The first-order chi connectivity index (χ1) is 15.7. The Morgan fingerprint density at radius 2 is 1.47 bits per heavy atom. The molecule has 32 heavy (non-hydrogen) atoms. The Morgan fingerprint density at radius 1 is 0.812 bits per heavy atom. The molecule has 1 N–H and O–H groups in total. The minimum atomic E-state index is -0.252. The van der Waals surface area contributed by atoms with Crippen molar-refractivity contribution >= 4 is 0 Å². The third-order valence-electron chi connectivity index (χ3n) is 6.33. The van der Waals surface area contributed by atoms with Crippen LogP contribution < -0.4 is 0 Å². The molecule has 4 nitrogen and oxygen atoms in total. The number of hydrogen-bond donors (Lipinski definition) is 1. The van der Waals surface area contributed by atoms with Gasteiger partial charge < -0.3 is 4.90 Å². The van der Waals surface area contributed by atoms with Crippen molar-refractivity contribution in [3.63, 3.8) is 0 Å². The summed E-state index contributed by atoms with van der Waals surface area (Å²) in [4.78, 5) is 4.83. The van der Waals surface area contributed by atoms with E-state index in [0.29, 0.717) is 11.3 Å². The lowest BCUT2D eigenvalue weighted by molar-refractivity contribution is 0.127. The Labute approximate surface area is 188 Å². The van der Waals surface area contributed by atoms with E-state index in [0.717, 1.165) is 31.7 Å². The quantitative estimate of drug-likeness (QED) is 0.475. The molecule has 1 aromatic heterocycles. The molecule has 4 aromatic rings. The molecule has 1 aliphatic rings. The number of H-pyrrole nitrogens is 1. The molecule has 1 fully saturated rings. The van der Waals surface area contributed by atoms with E-state index < -0.39 is 0 Å². The van der Waals surface area contributed by atoms with Crippen LogP contribution in [0.5, 0.6) is 0 Å². The van der Waals surface area contributed by atoms with Gasteiger partial charge in [0.25, 0.3) is 0 Å². The molecular weight excluding hydrogens is 399 g/mol. The van der Waals surface area contributed by atoms with Gasteiger partial charge in [-0.3, -0.25) is 10.00 Å². The number of likely N-dealkylation sites (N-methyl/N-ethyl adjacent to an activating group) is 1. The Morgan fingerprint density at radius 3 is 2.19 bits per heavy atom. The summed E-state index contributed by atoms with van der Waals surface area (Å²) in [5, 5.41) is 7.47. The van der Waals surface area contributed by atoms with Crippen LogP contribution in [0.3, 0.4) is 0 Å². The van der Waals surface area contributed by atoms with Crippen LogP contribution in [0.25, 0.3) is 22.4 Å². The number of nitrogens with zero attached hydrogens (tertiary/aromatic N) is 3. The van der Waals surface area contributed by atoms with Crippen molar-refractivity contribution in [3.8, 4) is 22.4 Å². The molecule has 162 valence electrons. The molecular formula is C27H27FN4. The van der Waals surface area contributed by atoms with Gasteiger partial charge in [-0.05, 0) is 35.9 Å². The molecule has 0 saturated carbocycles. The van der Waals surface area contributed by atoms with Gasteiger partial charge in [0.15, 0.2) is 0 Å². The van der Waals surface area contributed by atoms with E-state index >= 15 is 0 Å². The number of benzene rings is 3. The van der Waals surface area contributed by atoms with Gasteiger partial charge >= 0.3 is 0 Å². The Hall–Kier alpha value is -3.28. The van der Waals surface area contributed by atoms with E-state index in [-0.39, 0.29) is 11.9 Å². The average Bonchev–Trinajstić information content (AvgIpc) is 3.31. The molecule has 5 heteroatoms. The number of halogens is 1. The van der Waals surface area contributed by atoms with Crippen molar-refractivity contribution in [2.24, 2.45) is 0 Å². The molecule has 2 heterocycles. The van der Waals surface area contributed by atoms with Crippen LogP contribution in [0.15, 0.2) is 85.1 Å². The third-order valence-corrected chi connectivity index (χ3v) is 6.33. The van der Waals surface area contributed by atoms with Gasteiger partial charge in [0, 0.05) is 43.5 Å². The van der Waals surface area contributed by atoms with Gasteiger partial charge in [-0.2, -0.15) is 5.10 Å². The lowest BCUT2D eigenvalue weighted by atomic mass is 9.93. The fraction of sp³-hybridized carbons (Fsp3) is 0.222. The number of aromatic nitrogens is 2. The van der Waals surface area contributed by atoms with Crippen molar-refractivity contribution in [3.05, 3.63) is 102 Å². The van der Waals surface area contributed by atoms with E-state index in [9.17, 15) is 4.39 Å². The highest BCUT2D eigenvalue weighted by molar-refractivity contribution is 5.66. The Balaban J connectivity index is 1.56. The first-order valence-electron chi connectivity index (χ1n) is 11.1. The molecule has 5 rings (SSSR count). The van der Waals surface area contributed by atoms with Gasteiger partial charge in [-0.25, -0.2) is 4.39 Å². The van der Waals surface area contributed by atoms with E-state index in [1.807, 2.05) is 18.3 Å². The maximum atomic E-state index is 14.7. The van der Waals surface area contributed by atoms with Gasteiger partial charge in [0.2, 0.25) is 0 Å². The van der Waals surface area contributed by atoms with Gasteiger partial charge in [-0.1, -0.05) is 66.7 Å². The summed E-state index contributed by atoms with van der Waals surface area (Å²) in [7, 11) is 2.16. The van der Waals surface area contributed by atoms with Gasteiger partial charge in [0.1, 0.15) is 11.5 Å². The second kappa shape index (κ2) is 9.07. The minimum Gasteiger partial charge on any atom is -0.304 e. The summed E-state index contributed by atoms with van der Waals surface area (Å²) in [6.45, 7) is 3.91. The number of hydrogen-bond acceptors (Lipinski definition) is 3. The number of piperazine rings is 1. The molecule has 1 unspecified atom stereocenters. The molecule has 0 bridgehead atoms. The zero-order valence-electron chi connectivity index (χ0n) is 18.2. The molecule has 1 atom stereocenters. The van der Waals surface area contributed by atoms with Crippen LogP contribution in [0.1, 0.15) is 17.2 Å². The van der Waals surface area contributed by atoms with Crippen LogP contribution in [0.2, 0.25) is 0 Å². The van der Waals surface area contributed by atoms with Crippen molar-refractivity contribution < 1.29 is 4.39 Å². The summed E-state index contributed by atoms with van der Waals surface area (Å²) in [6, 6.07) is 26.0. The van der Waals surface area contributed by atoms with E-state index in [1.165, 1.54) is 22.8 Å². The van der Waals surface area contributed by atoms with Crippen molar-refractivity contribution in [2.45, 2.75) is 6.04 Å². The van der Waals surface area contributed by atoms with Crippen LogP contribution >= 0.6 is 0 Å². The van der Waals surface area contributed by atoms with Gasteiger partial charge in [-0.15, -0.1) is 0 Å². The lowest BCUT2D eigenvalue weighted by Crippen LogP contribution is -2.46. The number of aromatic amines is 1. The molecule has 3 aromatic carbocycles. The molecule has 1 aliphatic heterocycles. The molecule has 1 saturated heterocycles. The van der Waals surface area contributed by atoms with Crippen LogP contribution in [-0.2, 0) is 0 Å². The predicted molar refractivity (Wildman–Crippen MR) is 127 cm³/mol. The van der Waals surface area contributed by atoms with Gasteiger partial charge in [0.05, 0.1) is 6.04 Å². The topological polar surface area (TPSA) is 35.2 Å². The Bertz CT molecular complexity index is 1160. The van der Waals surface area contributed by atoms with Crippen molar-refractivity contribution in [1.82, 2.24) is 20.0 Å². The standard InChI is InChI=1S/C27H27FN4/c1-31-15-17-32(18-16-31)27(22-13-11-21(12-14-22)20-7-3-2-4-8-20)24-19-29-30-26(24)23-9-5-6-10-25(23)28/h2-14,19,27H,15-18H2,1H3,(H,29,30). The van der Waals surface area contributed by atoms with E-state index in [2.05, 4.69) is 75.6 Å². The molecule has 0 radical (unpaired) electrons. The lowest BCUT2D eigenvalue weighted by Gasteiger charge is -2.38. The number of rotatable bonds is 5. The van der Waals surface area contributed by atoms with E-state index in [1.54, 1.807) is 12.1 Å². The zero-order valence-corrected chi connectivity index (χ0v) is 18.2. The highest BCUT2D eigenvalue weighted by Crippen LogP contribution is 2.36. The summed E-state index contributed by atoms with van der Waals surface area (Å²) < 4.78 is 14.7. The normalized spacial score (nSPS) is 16.2. The van der Waals surface area contributed by atoms with E-state index in [4.69, 9.17) is 0 Å². The summed E-state index contributed by atoms with van der Waals surface area (Å²) in [6.07, 6.45) is 1.93. The third kappa shape index (κ3) is 4.09. The predicted octanol–water partition coefficient (Wildman–Crippen LogP) is 5.22. The first kappa shape index (κ1) is 20.6. The summed E-state index contributed by atoms with van der Waals surface area (Å²) in [5.41, 5.74) is 5.79. The second-order valence-electron chi connectivity index (χ2n) is 8.40.